The lowest BCUT2D eigenvalue weighted by molar-refractivity contribution is 0.0937. The van der Waals surface area contributed by atoms with Crippen LogP contribution in [0.3, 0.4) is 0 Å². The monoisotopic (exact) mass is 304 g/mol. The molecule has 1 saturated heterocycles. The van der Waals surface area contributed by atoms with Gasteiger partial charge in [0.1, 0.15) is 0 Å². The van der Waals surface area contributed by atoms with Crippen LogP contribution in [0, 0.1) is 5.92 Å². The Morgan fingerprint density at radius 1 is 1.27 bits per heavy atom. The molecule has 1 aromatic heterocycles. The number of carbonyl (C=O) groups excluding carboxylic acids is 1. The number of nitrogens with one attached hydrogen (secondary N) is 1. The van der Waals surface area contributed by atoms with Gasteiger partial charge in [-0.25, -0.2) is 0 Å². The van der Waals surface area contributed by atoms with Crippen LogP contribution in [0.2, 0.25) is 0 Å². The number of hydrogen-bond acceptors (Lipinski definition) is 5. The maximum atomic E-state index is 12.0. The van der Waals surface area contributed by atoms with Gasteiger partial charge < -0.3 is 9.84 Å². The fraction of sp³-hybridized carbons (Fsp3) is 0.812. The van der Waals surface area contributed by atoms with Crippen LogP contribution in [-0.4, -0.2) is 39.6 Å². The van der Waals surface area contributed by atoms with Crippen molar-refractivity contribution in [3.63, 3.8) is 0 Å². The molecular weight excluding hydrogens is 280 g/mol. The highest BCUT2D eigenvalue weighted by atomic mass is 16.5. The van der Waals surface area contributed by atoms with E-state index in [1.54, 1.807) is 0 Å². The molecule has 6 heteroatoms. The molecule has 2 saturated carbocycles. The summed E-state index contributed by atoms with van der Waals surface area (Å²) < 4.78 is 5.42. The first kappa shape index (κ1) is 14.2. The molecule has 2 aliphatic carbocycles. The minimum atomic E-state index is -0.198. The third-order valence-corrected chi connectivity index (χ3v) is 5.27. The number of nitrogens with zero attached hydrogens (tertiary/aromatic N) is 3. The first-order valence-corrected chi connectivity index (χ1v) is 8.61. The van der Waals surface area contributed by atoms with Gasteiger partial charge in [0.25, 0.3) is 11.7 Å². The Hall–Kier alpha value is -1.43. The van der Waals surface area contributed by atoms with Crippen molar-refractivity contribution in [2.24, 2.45) is 5.92 Å². The van der Waals surface area contributed by atoms with Gasteiger partial charge in [0, 0.05) is 12.1 Å². The SMILES string of the molecule is C[C@@H]1CC[C@H](N2CCC[C@@H]2c2nc(C(=O)NC3CC3)no2)C1. The molecule has 120 valence electrons. The Bertz CT molecular complexity index is 554. The first-order chi connectivity index (χ1) is 10.7. The quantitative estimate of drug-likeness (QED) is 0.924. The van der Waals surface area contributed by atoms with Gasteiger partial charge in [-0.1, -0.05) is 12.1 Å². The van der Waals surface area contributed by atoms with Crippen LogP contribution in [0.5, 0.6) is 0 Å². The third kappa shape index (κ3) is 2.76. The number of aromatic nitrogens is 2. The molecule has 1 N–H and O–H groups in total. The highest BCUT2D eigenvalue weighted by Gasteiger charge is 2.38. The molecule has 3 aliphatic rings. The second-order valence-electron chi connectivity index (χ2n) is 7.17. The molecule has 0 radical (unpaired) electrons. The van der Waals surface area contributed by atoms with E-state index in [0.29, 0.717) is 18.0 Å². The van der Waals surface area contributed by atoms with Gasteiger partial charge in [0.05, 0.1) is 6.04 Å². The summed E-state index contributed by atoms with van der Waals surface area (Å²) in [4.78, 5) is 18.9. The summed E-state index contributed by atoms with van der Waals surface area (Å²) in [5.41, 5.74) is 0. The Morgan fingerprint density at radius 3 is 2.86 bits per heavy atom. The van der Waals surface area contributed by atoms with E-state index in [9.17, 15) is 4.79 Å². The van der Waals surface area contributed by atoms with Crippen LogP contribution in [-0.2, 0) is 0 Å². The van der Waals surface area contributed by atoms with Crippen LogP contribution in [0.25, 0.3) is 0 Å². The van der Waals surface area contributed by atoms with E-state index in [2.05, 4.69) is 27.3 Å². The number of likely N-dealkylation sites (tertiary alicyclic amines) is 1. The van der Waals surface area contributed by atoms with Gasteiger partial charge in [0.15, 0.2) is 0 Å². The average Bonchev–Trinajstić information content (AvgIpc) is 2.96. The summed E-state index contributed by atoms with van der Waals surface area (Å²) in [5, 5.41) is 6.80. The van der Waals surface area contributed by atoms with Crippen LogP contribution < -0.4 is 5.32 Å². The zero-order valence-corrected chi connectivity index (χ0v) is 13.1. The van der Waals surface area contributed by atoms with Gasteiger partial charge in [0.2, 0.25) is 5.89 Å². The highest BCUT2D eigenvalue weighted by molar-refractivity contribution is 5.90. The van der Waals surface area contributed by atoms with E-state index in [0.717, 1.165) is 31.7 Å². The second kappa shape index (κ2) is 5.65. The second-order valence-corrected chi connectivity index (χ2v) is 7.17. The molecule has 1 aliphatic heterocycles. The van der Waals surface area contributed by atoms with Crippen LogP contribution in [0.1, 0.15) is 74.4 Å². The van der Waals surface area contributed by atoms with Crippen molar-refractivity contribution >= 4 is 5.91 Å². The number of amides is 1. The Kier molecular flexibility index (Phi) is 3.64. The molecule has 0 spiro atoms. The van der Waals surface area contributed by atoms with Gasteiger partial charge >= 0.3 is 0 Å². The minimum Gasteiger partial charge on any atom is -0.346 e. The van der Waals surface area contributed by atoms with Crippen molar-refractivity contribution in [2.45, 2.75) is 70.0 Å². The molecule has 3 atom stereocenters. The molecule has 0 bridgehead atoms. The maximum Gasteiger partial charge on any atom is 0.292 e. The summed E-state index contributed by atoms with van der Waals surface area (Å²) >= 11 is 0. The molecule has 1 amide bonds. The lowest BCUT2D eigenvalue weighted by atomic mass is 10.1. The average molecular weight is 304 g/mol. The van der Waals surface area contributed by atoms with Crippen molar-refractivity contribution in [1.29, 1.82) is 0 Å². The summed E-state index contributed by atoms with van der Waals surface area (Å²) in [5.74, 6) is 1.43. The summed E-state index contributed by atoms with van der Waals surface area (Å²) in [6.45, 7) is 3.44. The van der Waals surface area contributed by atoms with Crippen molar-refractivity contribution in [2.75, 3.05) is 6.54 Å². The molecular formula is C16H24N4O2. The van der Waals surface area contributed by atoms with Crippen LogP contribution in [0.15, 0.2) is 4.52 Å². The molecule has 2 heterocycles. The van der Waals surface area contributed by atoms with E-state index in [1.165, 1.54) is 25.7 Å². The van der Waals surface area contributed by atoms with Crippen molar-refractivity contribution < 1.29 is 9.32 Å². The van der Waals surface area contributed by atoms with E-state index in [1.807, 2.05) is 0 Å². The van der Waals surface area contributed by atoms with Gasteiger partial charge in [-0.05, 0) is 57.4 Å². The van der Waals surface area contributed by atoms with E-state index in [4.69, 9.17) is 4.52 Å². The normalized spacial score (nSPS) is 32.5. The molecule has 3 fully saturated rings. The van der Waals surface area contributed by atoms with Crippen molar-refractivity contribution in [3.8, 4) is 0 Å². The van der Waals surface area contributed by atoms with Crippen LogP contribution >= 0.6 is 0 Å². The summed E-state index contributed by atoms with van der Waals surface area (Å²) in [6.07, 6.45) is 8.19. The Labute approximate surface area is 130 Å². The fourth-order valence-corrected chi connectivity index (χ4v) is 3.91. The predicted octanol–water partition coefficient (Wildman–Crippen LogP) is 2.29. The third-order valence-electron chi connectivity index (χ3n) is 5.27. The van der Waals surface area contributed by atoms with Crippen LogP contribution in [0.4, 0.5) is 0 Å². The lowest BCUT2D eigenvalue weighted by Gasteiger charge is -2.28. The van der Waals surface area contributed by atoms with Crippen molar-refractivity contribution in [3.05, 3.63) is 11.7 Å². The number of carbonyl (C=O) groups is 1. The van der Waals surface area contributed by atoms with Gasteiger partial charge in [-0.3, -0.25) is 9.69 Å². The standard InChI is InChI=1S/C16H24N4O2/c1-10-4-7-12(9-10)20-8-2-3-13(20)16-18-14(19-22-16)15(21)17-11-5-6-11/h10-13H,2-9H2,1H3,(H,17,21)/t10-,12+,13-/m1/s1. The molecule has 0 aromatic carbocycles. The summed E-state index contributed by atoms with van der Waals surface area (Å²) in [7, 11) is 0. The molecule has 22 heavy (non-hydrogen) atoms. The molecule has 4 rings (SSSR count). The maximum absolute atomic E-state index is 12.0. The molecule has 6 nitrogen and oxygen atoms in total. The zero-order valence-electron chi connectivity index (χ0n) is 13.1. The summed E-state index contributed by atoms with van der Waals surface area (Å²) in [6, 6.07) is 1.15. The Balaban J connectivity index is 1.46. The van der Waals surface area contributed by atoms with E-state index in [-0.39, 0.29) is 17.8 Å². The highest BCUT2D eigenvalue weighted by Crippen LogP contribution is 2.39. The van der Waals surface area contributed by atoms with E-state index >= 15 is 0 Å². The number of hydrogen-bond donors (Lipinski definition) is 1. The predicted molar refractivity (Wildman–Crippen MR) is 80.3 cm³/mol. The number of rotatable bonds is 4. The lowest BCUT2D eigenvalue weighted by Crippen LogP contribution is -2.33. The molecule has 0 unspecified atom stereocenters. The van der Waals surface area contributed by atoms with Gasteiger partial charge in [-0.15, -0.1) is 0 Å². The fourth-order valence-electron chi connectivity index (χ4n) is 3.91. The zero-order chi connectivity index (χ0) is 15.1. The topological polar surface area (TPSA) is 71.3 Å². The first-order valence-electron chi connectivity index (χ1n) is 8.61. The molecule has 1 aromatic rings. The van der Waals surface area contributed by atoms with Gasteiger partial charge in [-0.2, -0.15) is 4.98 Å². The van der Waals surface area contributed by atoms with Crippen molar-refractivity contribution in [1.82, 2.24) is 20.4 Å². The smallest absolute Gasteiger partial charge is 0.292 e. The largest absolute Gasteiger partial charge is 0.346 e. The van der Waals surface area contributed by atoms with E-state index < -0.39 is 0 Å². The Morgan fingerprint density at radius 2 is 2.14 bits per heavy atom. The minimum absolute atomic E-state index is 0.188.